The van der Waals surface area contributed by atoms with Gasteiger partial charge in [0.1, 0.15) is 11.5 Å². The molecule has 2 aromatic rings. The van der Waals surface area contributed by atoms with E-state index in [9.17, 15) is 13.2 Å². The van der Waals surface area contributed by atoms with Crippen molar-refractivity contribution in [2.75, 3.05) is 6.54 Å². The lowest BCUT2D eigenvalue weighted by atomic mass is 10.1. The maximum absolute atomic E-state index is 12.6. The predicted octanol–water partition coefficient (Wildman–Crippen LogP) is 4.77. The van der Waals surface area contributed by atoms with Crippen molar-refractivity contribution in [3.8, 4) is 11.3 Å². The molecule has 1 heterocycles. The number of benzene rings is 1. The summed E-state index contributed by atoms with van der Waals surface area (Å²) in [5.74, 6) is 0.937. The first-order valence-electron chi connectivity index (χ1n) is 5.68. The molecule has 0 saturated carbocycles. The Morgan fingerprint density at radius 3 is 2.20 bits per heavy atom. The van der Waals surface area contributed by atoms with E-state index in [1.54, 1.807) is 12.1 Å². The van der Waals surface area contributed by atoms with E-state index in [4.69, 9.17) is 33.4 Å². The van der Waals surface area contributed by atoms with E-state index < -0.39 is 11.7 Å². The quantitative estimate of drug-likeness (QED) is 0.883. The van der Waals surface area contributed by atoms with Crippen molar-refractivity contribution >= 4 is 23.2 Å². The Bertz CT molecular complexity index is 599. The standard InChI is InChI=1S/C13H10Cl2F3NO/c14-9-5-7(13(16,17)18)6-10(15)12(9)11-2-1-8(20-11)3-4-19/h1-2,5-6H,3-4,19H2. The third kappa shape index (κ3) is 3.11. The number of alkyl halides is 3. The fourth-order valence-corrected chi connectivity index (χ4v) is 2.43. The zero-order valence-corrected chi connectivity index (χ0v) is 11.6. The normalized spacial score (nSPS) is 11.9. The van der Waals surface area contributed by atoms with E-state index in [0.29, 0.717) is 24.5 Å². The third-order valence-corrected chi connectivity index (χ3v) is 3.26. The maximum atomic E-state index is 12.6. The molecule has 1 aromatic heterocycles. The Hall–Kier alpha value is -1.17. The van der Waals surface area contributed by atoms with Crippen molar-refractivity contribution in [3.63, 3.8) is 0 Å². The highest BCUT2D eigenvalue weighted by atomic mass is 35.5. The van der Waals surface area contributed by atoms with Gasteiger partial charge >= 0.3 is 6.18 Å². The fourth-order valence-electron chi connectivity index (χ4n) is 1.76. The Morgan fingerprint density at radius 2 is 1.70 bits per heavy atom. The summed E-state index contributed by atoms with van der Waals surface area (Å²) in [4.78, 5) is 0. The molecule has 0 aliphatic heterocycles. The molecule has 0 saturated heterocycles. The minimum absolute atomic E-state index is 0.113. The number of halogens is 5. The zero-order valence-electron chi connectivity index (χ0n) is 10.1. The number of rotatable bonds is 3. The molecule has 0 spiro atoms. The smallest absolute Gasteiger partial charge is 0.416 e. The summed E-state index contributed by atoms with van der Waals surface area (Å²) in [6.07, 6.45) is -3.98. The number of nitrogens with two attached hydrogens (primary N) is 1. The first-order chi connectivity index (χ1) is 9.32. The van der Waals surface area contributed by atoms with Crippen molar-refractivity contribution in [1.82, 2.24) is 0 Å². The largest absolute Gasteiger partial charge is 0.461 e. The van der Waals surface area contributed by atoms with Crippen LogP contribution in [0.5, 0.6) is 0 Å². The minimum Gasteiger partial charge on any atom is -0.461 e. The van der Waals surface area contributed by atoms with Crippen molar-refractivity contribution in [2.24, 2.45) is 5.73 Å². The Labute approximate surface area is 123 Å². The van der Waals surface area contributed by atoms with Crippen molar-refractivity contribution in [1.29, 1.82) is 0 Å². The Morgan fingerprint density at radius 1 is 1.10 bits per heavy atom. The van der Waals surface area contributed by atoms with Crippen LogP contribution >= 0.6 is 23.2 Å². The summed E-state index contributed by atoms with van der Waals surface area (Å²) in [5.41, 5.74) is 4.74. The Kier molecular flexibility index (Phi) is 4.32. The highest BCUT2D eigenvalue weighted by Crippen LogP contribution is 2.40. The van der Waals surface area contributed by atoms with E-state index in [-0.39, 0.29) is 15.6 Å². The molecule has 2 rings (SSSR count). The summed E-state index contributed by atoms with van der Waals surface area (Å²) >= 11 is 11.8. The van der Waals surface area contributed by atoms with Crippen molar-refractivity contribution < 1.29 is 17.6 Å². The molecule has 0 amide bonds. The van der Waals surface area contributed by atoms with Gasteiger partial charge in [-0.1, -0.05) is 23.2 Å². The number of hydrogen-bond donors (Lipinski definition) is 1. The van der Waals surface area contributed by atoms with Gasteiger partial charge in [0.2, 0.25) is 0 Å². The summed E-state index contributed by atoms with van der Waals surface area (Å²) in [5, 5.41) is -0.225. The number of furan rings is 1. The highest BCUT2D eigenvalue weighted by molar-refractivity contribution is 6.39. The predicted molar refractivity (Wildman–Crippen MR) is 71.9 cm³/mol. The molecular formula is C13H10Cl2F3NO. The topological polar surface area (TPSA) is 39.2 Å². The van der Waals surface area contributed by atoms with Gasteiger partial charge in [0.15, 0.2) is 0 Å². The van der Waals surface area contributed by atoms with Gasteiger partial charge in [0, 0.05) is 6.42 Å². The molecular weight excluding hydrogens is 314 g/mol. The molecule has 0 unspecified atom stereocenters. The van der Waals surface area contributed by atoms with Gasteiger partial charge < -0.3 is 10.2 Å². The molecule has 0 fully saturated rings. The van der Waals surface area contributed by atoms with Gasteiger partial charge in [0.05, 0.1) is 21.2 Å². The van der Waals surface area contributed by atoms with Gasteiger partial charge in [-0.05, 0) is 30.8 Å². The molecule has 0 radical (unpaired) electrons. The summed E-state index contributed by atoms with van der Waals surface area (Å²) in [6, 6.07) is 4.94. The van der Waals surface area contributed by atoms with Gasteiger partial charge in [-0.3, -0.25) is 0 Å². The van der Waals surface area contributed by atoms with E-state index >= 15 is 0 Å². The van der Waals surface area contributed by atoms with Crippen molar-refractivity contribution in [2.45, 2.75) is 12.6 Å². The first kappa shape index (κ1) is 15.2. The highest BCUT2D eigenvalue weighted by Gasteiger charge is 2.32. The van der Waals surface area contributed by atoms with Crippen LogP contribution in [0.1, 0.15) is 11.3 Å². The molecule has 20 heavy (non-hydrogen) atoms. The van der Waals surface area contributed by atoms with E-state index in [0.717, 1.165) is 12.1 Å². The van der Waals surface area contributed by atoms with Gasteiger partial charge in [-0.15, -0.1) is 0 Å². The molecule has 0 atom stereocenters. The molecule has 2 N–H and O–H groups in total. The first-order valence-corrected chi connectivity index (χ1v) is 6.44. The second-order valence-electron chi connectivity index (χ2n) is 4.12. The van der Waals surface area contributed by atoms with Gasteiger partial charge in [-0.2, -0.15) is 13.2 Å². The average molecular weight is 324 g/mol. The monoisotopic (exact) mass is 323 g/mol. The van der Waals surface area contributed by atoms with Crippen LogP contribution in [-0.4, -0.2) is 6.54 Å². The lowest BCUT2D eigenvalue weighted by Crippen LogP contribution is -2.05. The number of hydrogen-bond acceptors (Lipinski definition) is 2. The lowest BCUT2D eigenvalue weighted by molar-refractivity contribution is -0.137. The van der Waals surface area contributed by atoms with Crippen molar-refractivity contribution in [3.05, 3.63) is 45.6 Å². The summed E-state index contributed by atoms with van der Waals surface area (Å²) < 4.78 is 43.4. The lowest BCUT2D eigenvalue weighted by Gasteiger charge is -2.11. The van der Waals surface area contributed by atoms with E-state index in [1.807, 2.05) is 0 Å². The fraction of sp³-hybridized carbons (Fsp3) is 0.231. The molecule has 2 nitrogen and oxygen atoms in total. The summed E-state index contributed by atoms with van der Waals surface area (Å²) in [6.45, 7) is 0.404. The van der Waals surface area contributed by atoms with Crippen LogP contribution in [0.3, 0.4) is 0 Å². The van der Waals surface area contributed by atoms with E-state index in [1.165, 1.54) is 0 Å². The molecule has 0 bridgehead atoms. The van der Waals surface area contributed by atoms with Crippen LogP contribution in [-0.2, 0) is 12.6 Å². The zero-order chi connectivity index (χ0) is 14.9. The molecule has 7 heteroatoms. The maximum Gasteiger partial charge on any atom is 0.416 e. The molecule has 108 valence electrons. The van der Waals surface area contributed by atoms with Gasteiger partial charge in [-0.25, -0.2) is 0 Å². The van der Waals surface area contributed by atoms with Crippen LogP contribution in [0.4, 0.5) is 13.2 Å². The van der Waals surface area contributed by atoms with Crippen LogP contribution in [0, 0.1) is 0 Å². The van der Waals surface area contributed by atoms with Crippen LogP contribution in [0.15, 0.2) is 28.7 Å². The van der Waals surface area contributed by atoms with Gasteiger partial charge in [0.25, 0.3) is 0 Å². The second-order valence-corrected chi connectivity index (χ2v) is 4.93. The minimum atomic E-state index is -4.50. The Balaban J connectivity index is 2.46. The average Bonchev–Trinajstić information content (AvgIpc) is 2.76. The molecule has 0 aliphatic rings. The van der Waals surface area contributed by atoms with Crippen LogP contribution in [0.2, 0.25) is 10.0 Å². The van der Waals surface area contributed by atoms with Crippen LogP contribution in [0.25, 0.3) is 11.3 Å². The second kappa shape index (κ2) is 5.68. The van der Waals surface area contributed by atoms with Crippen LogP contribution < -0.4 is 5.73 Å². The molecule has 1 aromatic carbocycles. The third-order valence-electron chi connectivity index (χ3n) is 2.67. The SMILES string of the molecule is NCCc1ccc(-c2c(Cl)cc(C(F)(F)F)cc2Cl)o1. The molecule has 0 aliphatic carbocycles. The van der Waals surface area contributed by atoms with E-state index in [2.05, 4.69) is 0 Å². The summed E-state index contributed by atoms with van der Waals surface area (Å²) in [7, 11) is 0.